The average molecular weight is 310 g/mol. The molecule has 0 aromatic rings. The molecule has 22 heavy (non-hydrogen) atoms. The molecule has 7 heteroatoms. The van der Waals surface area contributed by atoms with E-state index in [0.717, 1.165) is 6.26 Å². The van der Waals surface area contributed by atoms with Crippen molar-refractivity contribution in [2.45, 2.75) is 44.9 Å². The van der Waals surface area contributed by atoms with Crippen LogP contribution in [0.4, 0.5) is 0 Å². The molecule has 7 nitrogen and oxygen atoms in total. The summed E-state index contributed by atoms with van der Waals surface area (Å²) in [6.07, 6.45) is -0.455. The van der Waals surface area contributed by atoms with E-state index in [1.807, 2.05) is 0 Å². The second-order valence-electron chi connectivity index (χ2n) is 6.04. The SMILES string of the molecule is CC=C(C)C(=O)O[C@H]1[C@H]2OC(=O)C3=COC(O)[C@@H]([C@@H]32)[C@@]1(C)O. The van der Waals surface area contributed by atoms with E-state index < -0.39 is 47.9 Å². The number of aliphatic hydroxyl groups is 2. The summed E-state index contributed by atoms with van der Waals surface area (Å²) in [7, 11) is 0. The first-order chi connectivity index (χ1) is 10.3. The molecule has 0 aromatic carbocycles. The number of carbonyl (C=O) groups is 2. The van der Waals surface area contributed by atoms with Crippen molar-refractivity contribution in [2.75, 3.05) is 0 Å². The number of esters is 2. The fourth-order valence-corrected chi connectivity index (χ4v) is 3.44. The fourth-order valence-electron chi connectivity index (χ4n) is 3.44. The Balaban J connectivity index is 1.97. The lowest BCUT2D eigenvalue weighted by Crippen LogP contribution is -2.50. The molecule has 0 bridgehead atoms. The lowest BCUT2D eigenvalue weighted by Gasteiger charge is -2.36. The molecule has 1 unspecified atom stereocenters. The van der Waals surface area contributed by atoms with Gasteiger partial charge in [0.2, 0.25) is 6.29 Å². The number of allylic oxidation sites excluding steroid dienone is 1. The van der Waals surface area contributed by atoms with Gasteiger partial charge in [-0.25, -0.2) is 9.59 Å². The number of hydrogen-bond donors (Lipinski definition) is 2. The Kier molecular flexibility index (Phi) is 3.30. The number of aliphatic hydroxyl groups excluding tert-OH is 1. The van der Waals surface area contributed by atoms with Crippen LogP contribution in [0.3, 0.4) is 0 Å². The van der Waals surface area contributed by atoms with E-state index >= 15 is 0 Å². The Morgan fingerprint density at radius 3 is 2.82 bits per heavy atom. The maximum absolute atomic E-state index is 12.0. The highest BCUT2D eigenvalue weighted by molar-refractivity contribution is 5.92. The van der Waals surface area contributed by atoms with Gasteiger partial charge in [-0.15, -0.1) is 0 Å². The Hall–Kier alpha value is -1.86. The third-order valence-corrected chi connectivity index (χ3v) is 4.76. The third-order valence-electron chi connectivity index (χ3n) is 4.76. The zero-order valence-corrected chi connectivity index (χ0v) is 12.5. The van der Waals surface area contributed by atoms with Crippen LogP contribution in [-0.2, 0) is 23.8 Å². The second-order valence-corrected chi connectivity index (χ2v) is 6.04. The van der Waals surface area contributed by atoms with E-state index in [2.05, 4.69) is 0 Å². The zero-order valence-electron chi connectivity index (χ0n) is 12.5. The van der Waals surface area contributed by atoms with Crippen LogP contribution in [0.5, 0.6) is 0 Å². The smallest absolute Gasteiger partial charge is 0.338 e. The maximum Gasteiger partial charge on any atom is 0.338 e. The normalized spacial score (nSPS) is 43.1. The predicted molar refractivity (Wildman–Crippen MR) is 72.0 cm³/mol. The molecule has 0 aromatic heterocycles. The van der Waals surface area contributed by atoms with Crippen LogP contribution < -0.4 is 0 Å². The van der Waals surface area contributed by atoms with Gasteiger partial charge in [0.25, 0.3) is 0 Å². The first-order valence-corrected chi connectivity index (χ1v) is 7.10. The van der Waals surface area contributed by atoms with Crippen LogP contribution in [0.15, 0.2) is 23.5 Å². The molecule has 3 aliphatic rings. The molecule has 3 rings (SSSR count). The lowest BCUT2D eigenvalue weighted by molar-refractivity contribution is -0.194. The van der Waals surface area contributed by atoms with Crippen molar-refractivity contribution in [2.24, 2.45) is 11.8 Å². The number of rotatable bonds is 2. The number of hydrogen-bond acceptors (Lipinski definition) is 7. The fraction of sp³-hybridized carbons (Fsp3) is 0.600. The van der Waals surface area contributed by atoms with Gasteiger partial charge in [0, 0.05) is 11.5 Å². The molecule has 0 radical (unpaired) electrons. The zero-order chi connectivity index (χ0) is 16.2. The van der Waals surface area contributed by atoms with Gasteiger partial charge in [0.1, 0.15) is 11.7 Å². The van der Waals surface area contributed by atoms with E-state index in [1.165, 1.54) is 6.92 Å². The molecule has 1 aliphatic carbocycles. The Morgan fingerprint density at radius 1 is 1.50 bits per heavy atom. The third kappa shape index (κ3) is 1.89. The summed E-state index contributed by atoms with van der Waals surface area (Å²) in [4.78, 5) is 23.9. The molecule has 2 fully saturated rings. The molecule has 0 spiro atoms. The van der Waals surface area contributed by atoms with Crippen LogP contribution in [0, 0.1) is 11.8 Å². The van der Waals surface area contributed by atoms with E-state index in [0.29, 0.717) is 5.57 Å². The van der Waals surface area contributed by atoms with Crippen LogP contribution in [0.1, 0.15) is 20.8 Å². The van der Waals surface area contributed by atoms with E-state index in [1.54, 1.807) is 19.9 Å². The summed E-state index contributed by atoms with van der Waals surface area (Å²) in [5.74, 6) is -2.55. The van der Waals surface area contributed by atoms with Gasteiger partial charge < -0.3 is 24.4 Å². The highest BCUT2D eigenvalue weighted by Crippen LogP contribution is 2.54. The van der Waals surface area contributed by atoms with Gasteiger partial charge in [-0.3, -0.25) is 0 Å². The summed E-state index contributed by atoms with van der Waals surface area (Å²) in [6, 6.07) is 0. The van der Waals surface area contributed by atoms with E-state index in [9.17, 15) is 19.8 Å². The summed E-state index contributed by atoms with van der Waals surface area (Å²) in [5.41, 5.74) is -0.956. The van der Waals surface area contributed by atoms with Crippen LogP contribution in [-0.4, -0.2) is 46.3 Å². The van der Waals surface area contributed by atoms with Crippen LogP contribution >= 0.6 is 0 Å². The molecule has 0 amide bonds. The Labute approximate surface area is 127 Å². The van der Waals surface area contributed by atoms with E-state index in [4.69, 9.17) is 14.2 Å². The summed E-state index contributed by atoms with van der Waals surface area (Å²) >= 11 is 0. The minimum Gasteiger partial charge on any atom is -0.472 e. The van der Waals surface area contributed by atoms with Gasteiger partial charge in [0.05, 0.1) is 17.8 Å². The van der Waals surface area contributed by atoms with Gasteiger partial charge >= 0.3 is 11.9 Å². The number of carbonyl (C=O) groups excluding carboxylic acids is 2. The summed E-state index contributed by atoms with van der Waals surface area (Å²) in [5, 5.41) is 20.8. The van der Waals surface area contributed by atoms with Crippen LogP contribution in [0.25, 0.3) is 0 Å². The van der Waals surface area contributed by atoms with Crippen molar-refractivity contribution in [1.29, 1.82) is 0 Å². The quantitative estimate of drug-likeness (QED) is 0.547. The largest absolute Gasteiger partial charge is 0.472 e. The molecule has 6 atom stereocenters. The highest BCUT2D eigenvalue weighted by atomic mass is 16.6. The topological polar surface area (TPSA) is 102 Å². The van der Waals surface area contributed by atoms with Gasteiger partial charge in [-0.2, -0.15) is 0 Å². The van der Waals surface area contributed by atoms with E-state index in [-0.39, 0.29) is 5.57 Å². The lowest BCUT2D eigenvalue weighted by atomic mass is 9.81. The van der Waals surface area contributed by atoms with Gasteiger partial charge in [-0.05, 0) is 20.8 Å². The van der Waals surface area contributed by atoms with Gasteiger partial charge in [0.15, 0.2) is 6.10 Å². The monoisotopic (exact) mass is 310 g/mol. The molecule has 120 valence electrons. The van der Waals surface area contributed by atoms with Crippen molar-refractivity contribution in [3.8, 4) is 0 Å². The predicted octanol–water partition coefficient (Wildman–Crippen LogP) is 0.0193. The van der Waals surface area contributed by atoms with Crippen LogP contribution in [0.2, 0.25) is 0 Å². The van der Waals surface area contributed by atoms with Crippen molar-refractivity contribution in [3.05, 3.63) is 23.5 Å². The minimum atomic E-state index is -1.58. The molecule has 2 N–H and O–H groups in total. The van der Waals surface area contributed by atoms with Crippen molar-refractivity contribution < 1.29 is 34.0 Å². The average Bonchev–Trinajstić information content (AvgIpc) is 2.89. The molecule has 2 aliphatic heterocycles. The Morgan fingerprint density at radius 2 is 2.18 bits per heavy atom. The minimum absolute atomic E-state index is 0.252. The molecular formula is C15H18O7. The maximum atomic E-state index is 12.0. The first kappa shape index (κ1) is 15.1. The molecular weight excluding hydrogens is 292 g/mol. The standard InChI is InChI=1S/C15H18O7/c1-4-6(2)12(16)22-11-10-8-7(13(17)21-10)5-20-14(18)9(8)15(11,3)19/h4-5,8-11,14,18-19H,1-3H3/t8-,9-,10+,11+,14?,15-/m1/s1. The first-order valence-electron chi connectivity index (χ1n) is 7.10. The highest BCUT2D eigenvalue weighted by Gasteiger charge is 2.69. The number of ether oxygens (including phenoxy) is 3. The summed E-state index contributed by atoms with van der Waals surface area (Å²) < 4.78 is 15.7. The summed E-state index contributed by atoms with van der Waals surface area (Å²) in [6.45, 7) is 4.72. The molecule has 1 saturated heterocycles. The Bertz CT molecular complexity index is 589. The molecule has 1 saturated carbocycles. The van der Waals surface area contributed by atoms with Gasteiger partial charge in [-0.1, -0.05) is 6.08 Å². The van der Waals surface area contributed by atoms with Crippen molar-refractivity contribution in [3.63, 3.8) is 0 Å². The molecule has 2 heterocycles. The van der Waals surface area contributed by atoms with Crippen molar-refractivity contribution >= 4 is 11.9 Å². The van der Waals surface area contributed by atoms with Crippen molar-refractivity contribution in [1.82, 2.24) is 0 Å². The second kappa shape index (κ2) is 4.82.